The first-order chi connectivity index (χ1) is 27.8. The zero-order chi connectivity index (χ0) is 41.8. The topological polar surface area (TPSA) is 134 Å². The molecule has 9 nitrogen and oxygen atoms in total. The van der Waals surface area contributed by atoms with E-state index in [-0.39, 0.29) is 32.6 Å². The van der Waals surface area contributed by atoms with E-state index in [9.17, 15) is 19.0 Å². The second-order valence-electron chi connectivity index (χ2n) is 14.9. The Morgan fingerprint density at radius 2 is 0.930 bits per heavy atom. The summed E-state index contributed by atoms with van der Waals surface area (Å²) in [4.78, 5) is 34.9. The maximum absolute atomic E-state index is 12.6. The van der Waals surface area contributed by atoms with Crippen molar-refractivity contribution in [1.29, 1.82) is 0 Å². The van der Waals surface area contributed by atoms with Gasteiger partial charge in [-0.3, -0.25) is 18.6 Å². The van der Waals surface area contributed by atoms with Crippen LogP contribution in [0.25, 0.3) is 0 Å². The van der Waals surface area contributed by atoms with Gasteiger partial charge in [0.15, 0.2) is 6.10 Å². The molecule has 0 aromatic carbocycles. The number of ether oxygens (including phenoxy) is 2. The van der Waals surface area contributed by atoms with Crippen LogP contribution in [-0.2, 0) is 32.7 Å². The predicted molar refractivity (Wildman–Crippen MR) is 238 cm³/mol. The molecule has 0 saturated heterocycles. The van der Waals surface area contributed by atoms with E-state index in [0.717, 1.165) is 57.8 Å². The fourth-order valence-electron chi connectivity index (χ4n) is 5.97. The van der Waals surface area contributed by atoms with Gasteiger partial charge in [-0.1, -0.05) is 164 Å². The largest absolute Gasteiger partial charge is 0.472 e. The van der Waals surface area contributed by atoms with E-state index in [1.54, 1.807) is 0 Å². The highest BCUT2D eigenvalue weighted by Crippen LogP contribution is 2.43. The average Bonchev–Trinajstić information content (AvgIpc) is 3.20. The van der Waals surface area contributed by atoms with Gasteiger partial charge in [0.05, 0.1) is 13.2 Å². The quantitative estimate of drug-likeness (QED) is 0.0267. The Labute approximate surface area is 349 Å². The summed E-state index contributed by atoms with van der Waals surface area (Å²) in [7, 11) is -4.39. The molecule has 0 amide bonds. The van der Waals surface area contributed by atoms with E-state index in [1.807, 2.05) is 6.08 Å². The zero-order valence-corrected chi connectivity index (χ0v) is 37.2. The molecule has 0 bridgehead atoms. The van der Waals surface area contributed by atoms with Gasteiger partial charge in [0.2, 0.25) is 0 Å². The standard InChI is InChI=1S/C47H84NO8P/c1-3-5-7-9-11-13-15-17-19-21-22-24-25-27-29-31-33-35-37-39-46(49)53-43-45(44-55-57(51,52)54-42-41-48)56-47(50)40-38-36-34-32-30-28-26-23-20-18-16-14-12-10-8-6-4-2/h11,13,17-20,26,28,32,34,45H,3-10,12,14-16,21-25,27,29-31,33,35-44,48H2,1-2H3,(H,51,52)/b13-11+,19-17+,20-18+,28-26+,34-32+/t45-/m1/s1. The summed E-state index contributed by atoms with van der Waals surface area (Å²) in [6.07, 6.45) is 51.1. The van der Waals surface area contributed by atoms with Crippen LogP contribution >= 0.6 is 7.82 Å². The molecule has 0 aliphatic heterocycles. The van der Waals surface area contributed by atoms with Gasteiger partial charge in [0.1, 0.15) is 6.61 Å². The number of hydrogen-bond acceptors (Lipinski definition) is 8. The monoisotopic (exact) mass is 822 g/mol. The lowest BCUT2D eigenvalue weighted by atomic mass is 10.1. The number of rotatable bonds is 42. The minimum Gasteiger partial charge on any atom is -0.462 e. The third kappa shape index (κ3) is 43.1. The smallest absolute Gasteiger partial charge is 0.462 e. The van der Waals surface area contributed by atoms with Crippen LogP contribution in [0.1, 0.15) is 194 Å². The summed E-state index contributed by atoms with van der Waals surface area (Å²) in [5.74, 6) is -0.896. The van der Waals surface area contributed by atoms with Crippen molar-refractivity contribution >= 4 is 19.8 Å². The molecule has 0 aromatic rings. The van der Waals surface area contributed by atoms with E-state index in [1.165, 1.54) is 96.3 Å². The van der Waals surface area contributed by atoms with Gasteiger partial charge >= 0.3 is 19.8 Å². The lowest BCUT2D eigenvalue weighted by Gasteiger charge is -2.19. The number of hydrogen-bond donors (Lipinski definition) is 2. The van der Waals surface area contributed by atoms with E-state index in [0.29, 0.717) is 12.8 Å². The van der Waals surface area contributed by atoms with Crippen molar-refractivity contribution in [3.8, 4) is 0 Å². The molecule has 10 heteroatoms. The van der Waals surface area contributed by atoms with Crippen molar-refractivity contribution < 1.29 is 37.6 Å². The van der Waals surface area contributed by atoms with Crippen molar-refractivity contribution in [1.82, 2.24) is 0 Å². The molecule has 1 unspecified atom stereocenters. The van der Waals surface area contributed by atoms with Gasteiger partial charge in [0, 0.05) is 19.4 Å². The lowest BCUT2D eigenvalue weighted by molar-refractivity contribution is -0.161. The molecule has 57 heavy (non-hydrogen) atoms. The molecule has 0 fully saturated rings. The molecule has 0 heterocycles. The van der Waals surface area contributed by atoms with Gasteiger partial charge in [-0.05, 0) is 77.0 Å². The van der Waals surface area contributed by atoms with Crippen LogP contribution in [0.4, 0.5) is 0 Å². The van der Waals surface area contributed by atoms with Crippen LogP contribution in [0.5, 0.6) is 0 Å². The van der Waals surface area contributed by atoms with E-state index < -0.39 is 32.5 Å². The molecule has 0 spiro atoms. The molecular formula is C47H84NO8P. The van der Waals surface area contributed by atoms with E-state index in [4.69, 9.17) is 24.3 Å². The number of unbranched alkanes of at least 4 members (excludes halogenated alkanes) is 19. The summed E-state index contributed by atoms with van der Waals surface area (Å²) in [6.45, 7) is 3.64. The highest BCUT2D eigenvalue weighted by molar-refractivity contribution is 7.47. The summed E-state index contributed by atoms with van der Waals surface area (Å²) in [6, 6.07) is 0. The summed E-state index contributed by atoms with van der Waals surface area (Å²) in [5.41, 5.74) is 5.35. The number of nitrogens with two attached hydrogens (primary N) is 1. The first kappa shape index (κ1) is 54.7. The number of carbonyl (C=O) groups is 2. The maximum atomic E-state index is 12.6. The molecule has 0 aliphatic carbocycles. The number of phosphoric ester groups is 1. The SMILES string of the molecule is CCCCC/C=C/C/C=C/CCCCCCCCCCCC(=O)OC[C@H](COP(=O)(O)OCCN)OC(=O)CCC/C=C/C/C=C/C/C=C/CCCCCCCC. The predicted octanol–water partition coefficient (Wildman–Crippen LogP) is 13.3. The number of carbonyl (C=O) groups excluding carboxylic acids is 2. The summed E-state index contributed by atoms with van der Waals surface area (Å²) in [5, 5.41) is 0. The molecular weight excluding hydrogens is 737 g/mol. The fourth-order valence-corrected chi connectivity index (χ4v) is 6.74. The molecule has 0 aromatic heterocycles. The maximum Gasteiger partial charge on any atom is 0.472 e. The minimum absolute atomic E-state index is 0.0430. The second kappa shape index (κ2) is 43.3. The average molecular weight is 822 g/mol. The van der Waals surface area contributed by atoms with Crippen LogP contribution < -0.4 is 5.73 Å². The second-order valence-corrected chi connectivity index (χ2v) is 16.4. The van der Waals surface area contributed by atoms with Gasteiger partial charge in [-0.15, -0.1) is 0 Å². The first-order valence-electron chi connectivity index (χ1n) is 22.8. The Morgan fingerprint density at radius 3 is 1.44 bits per heavy atom. The molecule has 0 saturated carbocycles. The Morgan fingerprint density at radius 1 is 0.526 bits per heavy atom. The van der Waals surface area contributed by atoms with Gasteiger partial charge in [0.25, 0.3) is 0 Å². The summed E-state index contributed by atoms with van der Waals surface area (Å²) < 4.78 is 32.8. The zero-order valence-electron chi connectivity index (χ0n) is 36.3. The highest BCUT2D eigenvalue weighted by Gasteiger charge is 2.25. The van der Waals surface area contributed by atoms with E-state index in [2.05, 4.69) is 68.5 Å². The first-order valence-corrected chi connectivity index (χ1v) is 24.3. The lowest BCUT2D eigenvalue weighted by Crippen LogP contribution is -2.29. The van der Waals surface area contributed by atoms with Crippen LogP contribution in [0, 0.1) is 0 Å². The van der Waals surface area contributed by atoms with Crippen molar-refractivity contribution in [3.63, 3.8) is 0 Å². The molecule has 0 aliphatic rings. The molecule has 3 N–H and O–H groups in total. The van der Waals surface area contributed by atoms with E-state index >= 15 is 0 Å². The fraction of sp³-hybridized carbons (Fsp3) is 0.745. The Balaban J connectivity index is 4.21. The Bertz CT molecular complexity index is 1120. The number of phosphoric acid groups is 1. The van der Waals surface area contributed by atoms with Crippen LogP contribution in [0.15, 0.2) is 60.8 Å². The van der Waals surface area contributed by atoms with Crippen LogP contribution in [0.2, 0.25) is 0 Å². The van der Waals surface area contributed by atoms with Gasteiger partial charge < -0.3 is 20.1 Å². The number of allylic oxidation sites excluding steroid dienone is 10. The van der Waals surface area contributed by atoms with Crippen molar-refractivity contribution in [2.24, 2.45) is 5.73 Å². The van der Waals surface area contributed by atoms with Crippen LogP contribution in [0.3, 0.4) is 0 Å². The Kier molecular flexibility index (Phi) is 41.6. The molecule has 0 radical (unpaired) electrons. The third-order valence-electron chi connectivity index (χ3n) is 9.38. The van der Waals surface area contributed by atoms with Crippen molar-refractivity contribution in [3.05, 3.63) is 60.8 Å². The van der Waals surface area contributed by atoms with Crippen molar-refractivity contribution in [2.45, 2.75) is 200 Å². The number of esters is 2. The molecule has 0 rings (SSSR count). The molecule has 2 atom stereocenters. The normalized spacial score (nSPS) is 13.8. The van der Waals surface area contributed by atoms with Crippen LogP contribution in [-0.4, -0.2) is 49.3 Å². The summed E-state index contributed by atoms with van der Waals surface area (Å²) >= 11 is 0. The highest BCUT2D eigenvalue weighted by atomic mass is 31.2. The minimum atomic E-state index is -4.39. The van der Waals surface area contributed by atoms with Gasteiger partial charge in [-0.25, -0.2) is 4.57 Å². The third-order valence-corrected chi connectivity index (χ3v) is 10.4. The molecule has 330 valence electrons. The van der Waals surface area contributed by atoms with Crippen molar-refractivity contribution in [2.75, 3.05) is 26.4 Å². The van der Waals surface area contributed by atoms with Gasteiger partial charge in [-0.2, -0.15) is 0 Å². The Hall–Kier alpha value is -2.29.